The van der Waals surface area contributed by atoms with Crippen molar-refractivity contribution in [2.75, 3.05) is 0 Å². The van der Waals surface area contributed by atoms with E-state index in [1.54, 1.807) is 0 Å². The fourth-order valence-electron chi connectivity index (χ4n) is 0. The first kappa shape index (κ1) is 170. The Hall–Kier alpha value is 0.919. The van der Waals surface area contributed by atoms with Crippen molar-refractivity contribution in [3.8, 4) is 0 Å². The van der Waals surface area contributed by atoms with E-state index in [0.29, 0.717) is 0 Å². The van der Waals surface area contributed by atoms with Gasteiger partial charge in [0.1, 0.15) is 0 Å². The summed E-state index contributed by atoms with van der Waals surface area (Å²) in [5, 5.41) is 0. The molecule has 0 aromatic carbocycles. The van der Waals surface area contributed by atoms with Crippen LogP contribution in [-0.4, -0.2) is 11.0 Å². The first-order valence-electron chi connectivity index (χ1n) is 0. The molecule has 0 aromatic rings. The average molecular weight is 163 g/mol. The van der Waals surface area contributed by atoms with Crippen molar-refractivity contribution in [1.29, 1.82) is 0 Å². The van der Waals surface area contributed by atoms with Gasteiger partial charge in [-0.25, -0.2) is 0 Å². The van der Waals surface area contributed by atoms with Crippen LogP contribution in [0.15, 0.2) is 0 Å². The second-order valence-corrected chi connectivity index (χ2v) is 0. The standard InChI is InChI=1S/2Fe.2H2O.O/h;;2*1H2;/q2*+3;;;-2/p-1. The molecule has 0 unspecified atom stereocenters. The van der Waals surface area contributed by atoms with Crippen LogP contribution in [0.5, 0.6) is 0 Å². The van der Waals surface area contributed by atoms with Crippen molar-refractivity contribution < 1.29 is 50.6 Å². The van der Waals surface area contributed by atoms with Gasteiger partial charge < -0.3 is 16.4 Å². The first-order chi connectivity index (χ1) is 0. The van der Waals surface area contributed by atoms with Crippen molar-refractivity contribution in [2.45, 2.75) is 0 Å². The van der Waals surface area contributed by atoms with Crippen LogP contribution in [0.3, 0.4) is 0 Å². The molecule has 0 saturated carbocycles. The fraction of sp³-hybridized carbons (Fsp3) is 0. The van der Waals surface area contributed by atoms with Crippen LogP contribution >= 0.6 is 0 Å². The van der Waals surface area contributed by atoms with Gasteiger partial charge in [0.05, 0.1) is 0 Å². The van der Waals surface area contributed by atoms with Gasteiger partial charge in [0.2, 0.25) is 0 Å². The van der Waals surface area contributed by atoms with Gasteiger partial charge in [-0.1, -0.05) is 0 Å². The maximum atomic E-state index is 0. The summed E-state index contributed by atoms with van der Waals surface area (Å²) in [5.41, 5.74) is 0. The summed E-state index contributed by atoms with van der Waals surface area (Å²) >= 11 is 0. The second kappa shape index (κ2) is 89.5. The number of rotatable bonds is 0. The Morgan fingerprint density at radius 1 is 0.800 bits per heavy atom. The predicted molar refractivity (Wildman–Crippen MR) is 6.24 cm³/mol. The van der Waals surface area contributed by atoms with E-state index in [1.807, 2.05) is 0 Å². The molecule has 0 heterocycles. The summed E-state index contributed by atoms with van der Waals surface area (Å²) in [6.45, 7) is 0. The molecule has 5 heavy (non-hydrogen) atoms. The molecule has 0 amide bonds. The molecular formula is H3Fe2O3+3. The van der Waals surface area contributed by atoms with Crippen molar-refractivity contribution in [3.05, 3.63) is 0 Å². The topological polar surface area (TPSA) is 90.0 Å². The summed E-state index contributed by atoms with van der Waals surface area (Å²) in [5.74, 6) is 0. The monoisotopic (exact) mass is 163 g/mol. The Morgan fingerprint density at radius 2 is 0.800 bits per heavy atom. The SMILES string of the molecule is O.[Fe+3].[Fe+3].[O-2].[OH-]. The average Bonchev–Trinajstić information content (AvgIpc) is 0. The quantitative estimate of drug-likeness (QED) is 0.415. The zero-order chi connectivity index (χ0) is 0. The molecule has 0 bridgehead atoms. The molecule has 5 heteroatoms. The maximum Gasteiger partial charge on any atom is 3.00 e. The van der Waals surface area contributed by atoms with E-state index in [2.05, 4.69) is 0 Å². The Morgan fingerprint density at radius 3 is 0.800 bits per heavy atom. The number of hydrogen-bond acceptors (Lipinski definition) is 1. The van der Waals surface area contributed by atoms with E-state index in [4.69, 9.17) is 0 Å². The zero-order valence-electron chi connectivity index (χ0n) is 2.06. The molecule has 0 fully saturated rings. The first-order valence-corrected chi connectivity index (χ1v) is 0. The Kier molecular flexibility index (Phi) is 3030. The molecule has 0 aliphatic rings. The van der Waals surface area contributed by atoms with Crippen LogP contribution in [0.25, 0.3) is 0 Å². The maximum absolute atomic E-state index is 0. The van der Waals surface area contributed by atoms with E-state index < -0.39 is 0 Å². The van der Waals surface area contributed by atoms with E-state index in [1.165, 1.54) is 0 Å². The Balaban J connectivity index is 0. The minimum Gasteiger partial charge on any atom is -2.00 e. The predicted octanol–water partition coefficient (Wildman–Crippen LogP) is -1.13. The molecule has 0 saturated heterocycles. The molecule has 0 rings (SSSR count). The van der Waals surface area contributed by atoms with Gasteiger partial charge in [-0.3, -0.25) is 0 Å². The summed E-state index contributed by atoms with van der Waals surface area (Å²) < 4.78 is 0. The molecular weight excluding hydrogens is 160 g/mol. The van der Waals surface area contributed by atoms with Gasteiger partial charge in [0.15, 0.2) is 0 Å². The van der Waals surface area contributed by atoms with Gasteiger partial charge in [-0.05, 0) is 0 Å². The van der Waals surface area contributed by atoms with Crippen LogP contribution in [0.1, 0.15) is 0 Å². The van der Waals surface area contributed by atoms with E-state index in [0.717, 1.165) is 0 Å². The van der Waals surface area contributed by atoms with Crippen LogP contribution in [-0.2, 0) is 39.6 Å². The molecule has 0 aliphatic heterocycles. The third-order valence-corrected chi connectivity index (χ3v) is 0. The fourth-order valence-corrected chi connectivity index (χ4v) is 0. The normalized spacial score (nSPS) is 0. The third-order valence-electron chi connectivity index (χ3n) is 0. The molecule has 0 aliphatic carbocycles. The molecule has 0 aromatic heterocycles. The van der Waals surface area contributed by atoms with Gasteiger partial charge in [-0.15, -0.1) is 0 Å². The van der Waals surface area contributed by atoms with E-state index in [-0.39, 0.29) is 50.6 Å². The number of hydrogen-bond donors (Lipinski definition) is 0. The molecule has 3 nitrogen and oxygen atoms in total. The van der Waals surface area contributed by atoms with Gasteiger partial charge in [0.25, 0.3) is 0 Å². The third kappa shape index (κ3) is 49.6. The van der Waals surface area contributed by atoms with E-state index in [9.17, 15) is 0 Å². The van der Waals surface area contributed by atoms with Gasteiger partial charge in [-0.2, -0.15) is 0 Å². The minimum atomic E-state index is 0. The van der Waals surface area contributed by atoms with Crippen LogP contribution in [0.2, 0.25) is 0 Å². The Labute approximate surface area is 51.0 Å². The molecule has 3 N–H and O–H groups in total. The van der Waals surface area contributed by atoms with Gasteiger partial charge >= 0.3 is 34.1 Å². The summed E-state index contributed by atoms with van der Waals surface area (Å²) in [6.07, 6.45) is 0. The smallest absolute Gasteiger partial charge is 2.00 e. The van der Waals surface area contributed by atoms with Gasteiger partial charge in [0, 0.05) is 0 Å². The van der Waals surface area contributed by atoms with Crippen molar-refractivity contribution in [3.63, 3.8) is 0 Å². The summed E-state index contributed by atoms with van der Waals surface area (Å²) in [6, 6.07) is 0. The summed E-state index contributed by atoms with van der Waals surface area (Å²) in [4.78, 5) is 0. The van der Waals surface area contributed by atoms with Crippen molar-refractivity contribution >= 4 is 0 Å². The van der Waals surface area contributed by atoms with Crippen LogP contribution in [0.4, 0.5) is 0 Å². The zero-order valence-corrected chi connectivity index (χ0v) is 4.27. The molecule has 34 valence electrons. The van der Waals surface area contributed by atoms with Crippen LogP contribution in [0, 0.1) is 0 Å². The molecule has 0 spiro atoms. The molecule has 0 atom stereocenters. The minimum absolute atomic E-state index is 0. The molecule has 2 radical (unpaired) electrons. The second-order valence-electron chi connectivity index (χ2n) is 0. The Bertz CT molecular complexity index is 4.85. The summed E-state index contributed by atoms with van der Waals surface area (Å²) in [7, 11) is 0. The van der Waals surface area contributed by atoms with E-state index >= 15 is 0 Å². The largest absolute Gasteiger partial charge is 3.00 e. The van der Waals surface area contributed by atoms with Crippen molar-refractivity contribution in [1.82, 2.24) is 0 Å². The van der Waals surface area contributed by atoms with Crippen molar-refractivity contribution in [2.24, 2.45) is 0 Å². The van der Waals surface area contributed by atoms with Crippen LogP contribution < -0.4 is 0 Å².